The van der Waals surface area contributed by atoms with Crippen LogP contribution in [0.15, 0.2) is 36.4 Å². The molecule has 5 nitrogen and oxygen atoms in total. The summed E-state index contributed by atoms with van der Waals surface area (Å²) in [5, 5.41) is 13.9. The largest absolute Gasteiger partial charge is 0.295 e. The van der Waals surface area contributed by atoms with Gasteiger partial charge >= 0.3 is 0 Å². The summed E-state index contributed by atoms with van der Waals surface area (Å²) in [4.78, 5) is 11.3. The summed E-state index contributed by atoms with van der Waals surface area (Å²) < 4.78 is 0. The van der Waals surface area contributed by atoms with Crippen LogP contribution < -0.4 is 0 Å². The summed E-state index contributed by atoms with van der Waals surface area (Å²) in [5.41, 5.74) is 2.14. The molecule has 1 aromatic heterocycles. The van der Waals surface area contributed by atoms with Crippen LogP contribution in [-0.2, 0) is 4.79 Å². The molecular formula is C14H14N4O. The van der Waals surface area contributed by atoms with Gasteiger partial charge in [0.15, 0.2) is 5.78 Å². The molecule has 1 aliphatic rings. The monoisotopic (exact) mass is 254 g/mol. The van der Waals surface area contributed by atoms with Gasteiger partial charge in [-0.05, 0) is 22.8 Å². The Hall–Kier alpha value is -2.30. The SMILES string of the molecule is CC1CC(=O)C=CC1c1ccc(-c2nn[nH]n2)cc1. The van der Waals surface area contributed by atoms with Crippen molar-refractivity contribution in [3.63, 3.8) is 0 Å². The van der Waals surface area contributed by atoms with E-state index in [2.05, 4.69) is 39.7 Å². The minimum absolute atomic E-state index is 0.215. The number of nitrogens with one attached hydrogen (secondary N) is 1. The van der Waals surface area contributed by atoms with Gasteiger partial charge < -0.3 is 0 Å². The lowest BCUT2D eigenvalue weighted by Crippen LogP contribution is -2.16. The van der Waals surface area contributed by atoms with Gasteiger partial charge in [0.1, 0.15) is 0 Å². The summed E-state index contributed by atoms with van der Waals surface area (Å²) in [6.45, 7) is 2.11. The van der Waals surface area contributed by atoms with E-state index in [4.69, 9.17) is 0 Å². The van der Waals surface area contributed by atoms with Crippen LogP contribution in [0.1, 0.15) is 24.8 Å². The number of allylic oxidation sites excluding steroid dienone is 2. The van der Waals surface area contributed by atoms with E-state index in [1.165, 1.54) is 5.56 Å². The third-order valence-corrected chi connectivity index (χ3v) is 3.52. The van der Waals surface area contributed by atoms with Crippen LogP contribution in [0.2, 0.25) is 0 Å². The summed E-state index contributed by atoms with van der Waals surface area (Å²) in [6, 6.07) is 8.09. The number of nitrogens with zero attached hydrogens (tertiary/aromatic N) is 3. The highest BCUT2D eigenvalue weighted by Gasteiger charge is 2.22. The van der Waals surface area contributed by atoms with Crippen molar-refractivity contribution in [3.8, 4) is 11.4 Å². The maximum atomic E-state index is 11.3. The van der Waals surface area contributed by atoms with Crippen LogP contribution in [0.3, 0.4) is 0 Å². The molecule has 0 saturated heterocycles. The Morgan fingerprint density at radius 1 is 1.26 bits per heavy atom. The number of hydrogen-bond donors (Lipinski definition) is 1. The molecule has 2 atom stereocenters. The van der Waals surface area contributed by atoms with Crippen molar-refractivity contribution in [1.82, 2.24) is 20.6 Å². The zero-order valence-corrected chi connectivity index (χ0v) is 10.6. The Kier molecular flexibility index (Phi) is 2.95. The number of rotatable bonds is 2. The predicted octanol–water partition coefficient (Wildman–Crippen LogP) is 2.12. The molecule has 0 bridgehead atoms. The van der Waals surface area contributed by atoms with Gasteiger partial charge in [-0.1, -0.05) is 37.3 Å². The van der Waals surface area contributed by atoms with E-state index in [-0.39, 0.29) is 5.78 Å². The van der Waals surface area contributed by atoms with Crippen LogP contribution in [0.25, 0.3) is 11.4 Å². The van der Waals surface area contributed by atoms with Gasteiger partial charge in [-0.15, -0.1) is 10.2 Å². The fourth-order valence-corrected chi connectivity index (χ4v) is 2.49. The Morgan fingerprint density at radius 2 is 2.05 bits per heavy atom. The van der Waals surface area contributed by atoms with Gasteiger partial charge in [0, 0.05) is 17.9 Å². The van der Waals surface area contributed by atoms with Gasteiger partial charge in [0.25, 0.3) is 0 Å². The van der Waals surface area contributed by atoms with E-state index in [0.717, 1.165) is 5.56 Å². The molecule has 2 aromatic rings. The number of carbonyl (C=O) groups is 1. The molecule has 96 valence electrons. The van der Waals surface area contributed by atoms with Crippen molar-refractivity contribution in [3.05, 3.63) is 42.0 Å². The van der Waals surface area contributed by atoms with E-state index < -0.39 is 0 Å². The van der Waals surface area contributed by atoms with Gasteiger partial charge in [-0.25, -0.2) is 0 Å². The smallest absolute Gasteiger partial charge is 0.204 e. The molecule has 1 aromatic carbocycles. The number of benzene rings is 1. The molecule has 2 unspecified atom stereocenters. The van der Waals surface area contributed by atoms with Gasteiger partial charge in [0.05, 0.1) is 0 Å². The van der Waals surface area contributed by atoms with Crippen molar-refractivity contribution >= 4 is 5.78 Å². The van der Waals surface area contributed by atoms with Gasteiger partial charge in [-0.3, -0.25) is 4.79 Å². The van der Waals surface area contributed by atoms with Crippen molar-refractivity contribution in [2.75, 3.05) is 0 Å². The van der Waals surface area contributed by atoms with E-state index in [1.807, 2.05) is 18.2 Å². The first-order valence-electron chi connectivity index (χ1n) is 6.29. The average molecular weight is 254 g/mol. The number of carbonyl (C=O) groups excluding carboxylic acids is 1. The molecule has 1 N–H and O–H groups in total. The van der Waals surface area contributed by atoms with Gasteiger partial charge in [0.2, 0.25) is 5.82 Å². The number of tetrazole rings is 1. The Bertz CT molecular complexity index is 601. The standard InChI is InChI=1S/C14H14N4O/c1-9-8-12(19)6-7-13(9)10-2-4-11(5-3-10)14-15-17-18-16-14/h2-7,9,13H,8H2,1H3,(H,15,16,17,18). The first-order valence-corrected chi connectivity index (χ1v) is 6.29. The molecule has 1 heterocycles. The van der Waals surface area contributed by atoms with Crippen molar-refractivity contribution in [2.24, 2.45) is 5.92 Å². The summed E-state index contributed by atoms with van der Waals surface area (Å²) in [5.74, 6) is 1.45. The normalized spacial score (nSPS) is 22.7. The van der Waals surface area contributed by atoms with Gasteiger partial charge in [-0.2, -0.15) is 5.21 Å². The van der Waals surface area contributed by atoms with E-state index >= 15 is 0 Å². The molecule has 19 heavy (non-hydrogen) atoms. The summed E-state index contributed by atoms with van der Waals surface area (Å²) >= 11 is 0. The highest BCUT2D eigenvalue weighted by Crippen LogP contribution is 2.32. The third-order valence-electron chi connectivity index (χ3n) is 3.52. The minimum atomic E-state index is 0.215. The predicted molar refractivity (Wildman–Crippen MR) is 70.3 cm³/mol. The molecule has 0 aliphatic heterocycles. The maximum Gasteiger partial charge on any atom is 0.204 e. The van der Waals surface area contributed by atoms with Crippen LogP contribution >= 0.6 is 0 Å². The Balaban J connectivity index is 1.87. The van der Waals surface area contributed by atoms with Crippen molar-refractivity contribution < 1.29 is 4.79 Å². The second kappa shape index (κ2) is 4.76. The molecule has 0 amide bonds. The molecular weight excluding hydrogens is 240 g/mol. The fraction of sp³-hybridized carbons (Fsp3) is 0.286. The second-order valence-electron chi connectivity index (χ2n) is 4.89. The lowest BCUT2D eigenvalue weighted by Gasteiger charge is -2.23. The van der Waals surface area contributed by atoms with Crippen LogP contribution in [0, 0.1) is 5.92 Å². The van der Waals surface area contributed by atoms with Crippen LogP contribution in [0.4, 0.5) is 0 Å². The van der Waals surface area contributed by atoms with E-state index in [0.29, 0.717) is 24.1 Å². The molecule has 0 fully saturated rings. The number of hydrogen-bond acceptors (Lipinski definition) is 4. The summed E-state index contributed by atoms with van der Waals surface area (Å²) in [7, 11) is 0. The quantitative estimate of drug-likeness (QED) is 0.891. The first-order chi connectivity index (χ1) is 9.24. The zero-order valence-electron chi connectivity index (χ0n) is 10.6. The fourth-order valence-electron chi connectivity index (χ4n) is 2.49. The zero-order chi connectivity index (χ0) is 13.2. The molecule has 0 spiro atoms. The van der Waals surface area contributed by atoms with E-state index in [1.54, 1.807) is 6.08 Å². The highest BCUT2D eigenvalue weighted by atomic mass is 16.1. The first kappa shape index (κ1) is 11.8. The highest BCUT2D eigenvalue weighted by molar-refractivity contribution is 5.91. The molecule has 5 heteroatoms. The molecule has 1 aliphatic carbocycles. The topological polar surface area (TPSA) is 71.5 Å². The van der Waals surface area contributed by atoms with Crippen LogP contribution in [0.5, 0.6) is 0 Å². The Morgan fingerprint density at radius 3 is 2.68 bits per heavy atom. The van der Waals surface area contributed by atoms with Crippen molar-refractivity contribution in [2.45, 2.75) is 19.3 Å². The molecule has 3 rings (SSSR count). The number of ketones is 1. The molecule has 0 radical (unpaired) electrons. The number of aromatic nitrogens is 4. The van der Waals surface area contributed by atoms with Crippen LogP contribution in [-0.4, -0.2) is 26.4 Å². The minimum Gasteiger partial charge on any atom is -0.295 e. The lowest BCUT2D eigenvalue weighted by molar-refractivity contribution is -0.115. The maximum absolute atomic E-state index is 11.3. The molecule has 0 saturated carbocycles. The third kappa shape index (κ3) is 2.31. The second-order valence-corrected chi connectivity index (χ2v) is 4.89. The average Bonchev–Trinajstić information content (AvgIpc) is 2.93. The van der Waals surface area contributed by atoms with Crippen molar-refractivity contribution in [1.29, 1.82) is 0 Å². The number of H-pyrrole nitrogens is 1. The number of aromatic amines is 1. The van der Waals surface area contributed by atoms with E-state index in [9.17, 15) is 4.79 Å². The summed E-state index contributed by atoms with van der Waals surface area (Å²) in [6.07, 6.45) is 4.31. The lowest BCUT2D eigenvalue weighted by atomic mass is 9.80. The Labute approximate surface area is 110 Å².